The van der Waals surface area contributed by atoms with E-state index in [0.717, 1.165) is 5.38 Å². The third-order valence-electron chi connectivity index (χ3n) is 1.48. The van der Waals surface area contributed by atoms with Gasteiger partial charge in [0.15, 0.2) is 0 Å². The van der Waals surface area contributed by atoms with Crippen molar-refractivity contribution in [2.45, 2.75) is 26.1 Å². The van der Waals surface area contributed by atoms with E-state index in [1.807, 2.05) is 0 Å². The van der Waals surface area contributed by atoms with Gasteiger partial charge in [0.05, 0.1) is 8.07 Å². The number of nitriles is 1. The van der Waals surface area contributed by atoms with Crippen LogP contribution in [0.5, 0.6) is 0 Å². The van der Waals surface area contributed by atoms with Gasteiger partial charge in [-0.05, 0) is 11.8 Å². The molecule has 0 saturated heterocycles. The molecular weight excluding hydrogens is 146 g/mol. The minimum absolute atomic E-state index is 0.958. The largest absolute Gasteiger partial charge is 0.185 e. The number of hydrogen-bond donors (Lipinski definition) is 0. The third kappa shape index (κ3) is 4.55. The Morgan fingerprint density at radius 1 is 1.56 bits per heavy atom. The maximum Gasteiger partial charge on any atom is 0.133 e. The first kappa shape index (κ1) is 9.06. The maximum absolute atomic E-state index is 8.26. The molecule has 0 spiro atoms. The molecule has 0 fully saturated rings. The monoisotopic (exact) mass is 159 g/mol. The first-order chi connectivity index (χ1) is 4.12. The highest BCUT2D eigenvalue weighted by Gasteiger charge is 2.16. The summed E-state index contributed by atoms with van der Waals surface area (Å²) < 4.78 is 0. The third-order valence-corrected chi connectivity index (χ3v) is 7.23. The molecule has 0 rings (SSSR count). The number of hydrogen-bond acceptors (Lipinski definition) is 2. The normalized spacial score (nSPS) is 10.9. The molecule has 3 heteroatoms. The van der Waals surface area contributed by atoms with Crippen LogP contribution in [0.4, 0.5) is 0 Å². The van der Waals surface area contributed by atoms with Gasteiger partial charge in [0.2, 0.25) is 0 Å². The van der Waals surface area contributed by atoms with Crippen molar-refractivity contribution in [3.05, 3.63) is 0 Å². The van der Waals surface area contributed by atoms with Crippen LogP contribution in [0.15, 0.2) is 0 Å². The summed E-state index contributed by atoms with van der Waals surface area (Å²) in [5.74, 6) is 0. The molecule has 0 aromatic carbocycles. The summed E-state index contributed by atoms with van der Waals surface area (Å²) in [5, 5.41) is 11.5. The molecule has 0 amide bonds. The minimum Gasteiger partial charge on any atom is -0.185 e. The quantitative estimate of drug-likeness (QED) is 0.466. The predicted octanol–water partition coefficient (Wildman–Crippen LogP) is 2.47. The van der Waals surface area contributed by atoms with E-state index in [9.17, 15) is 0 Å². The smallest absolute Gasteiger partial charge is 0.133 e. The Balaban J connectivity index is 3.48. The molecule has 1 nitrogen and oxygen atoms in total. The molecule has 0 aromatic heterocycles. The molecule has 0 aliphatic heterocycles. The summed E-state index contributed by atoms with van der Waals surface area (Å²) in [4.78, 5) is 0. The second-order valence-corrected chi connectivity index (χ2v) is 9.56. The Morgan fingerprint density at radius 3 is 2.44 bits per heavy atom. The zero-order valence-electron chi connectivity index (χ0n) is 6.27. The molecule has 0 atom stereocenters. The molecule has 0 aromatic rings. The number of nitrogens with zero attached hydrogens (tertiary/aromatic N) is 1. The van der Waals surface area contributed by atoms with Crippen molar-refractivity contribution in [3.8, 4) is 5.40 Å². The van der Waals surface area contributed by atoms with Gasteiger partial charge in [-0.15, -0.1) is 0 Å². The van der Waals surface area contributed by atoms with Gasteiger partial charge in [-0.2, -0.15) is 5.26 Å². The van der Waals surface area contributed by atoms with Gasteiger partial charge in [-0.1, -0.05) is 26.1 Å². The van der Waals surface area contributed by atoms with E-state index in [4.69, 9.17) is 5.26 Å². The summed E-state index contributed by atoms with van der Waals surface area (Å²) in [5.41, 5.74) is 0. The van der Waals surface area contributed by atoms with Crippen LogP contribution in [0.1, 0.15) is 6.92 Å². The van der Waals surface area contributed by atoms with Gasteiger partial charge in [-0.3, -0.25) is 0 Å². The lowest BCUT2D eigenvalue weighted by molar-refractivity contribution is 1.35. The Morgan fingerprint density at radius 2 is 2.11 bits per heavy atom. The highest BCUT2D eigenvalue weighted by atomic mass is 32.2. The molecule has 0 heterocycles. The van der Waals surface area contributed by atoms with Gasteiger partial charge >= 0.3 is 0 Å². The van der Waals surface area contributed by atoms with Crippen LogP contribution in [0.25, 0.3) is 0 Å². The van der Waals surface area contributed by atoms with Crippen molar-refractivity contribution in [1.82, 2.24) is 0 Å². The summed E-state index contributed by atoms with van der Waals surface area (Å²) in [6.45, 7) is 6.85. The molecule has 0 N–H and O–H groups in total. The average Bonchev–Trinajstić information content (AvgIpc) is 1.84. The van der Waals surface area contributed by atoms with Crippen LogP contribution >= 0.6 is 11.8 Å². The second kappa shape index (κ2) is 3.97. The molecule has 0 unspecified atom stereocenters. The Labute approximate surface area is 62.5 Å². The summed E-state index contributed by atoms with van der Waals surface area (Å²) in [6.07, 6.45) is 0. The number of thioether (sulfide) groups is 1. The van der Waals surface area contributed by atoms with Crippen molar-refractivity contribution >= 4 is 19.8 Å². The molecule has 0 aliphatic carbocycles. The van der Waals surface area contributed by atoms with Crippen LogP contribution in [0, 0.1) is 10.7 Å². The first-order valence-corrected chi connectivity index (χ1v) is 7.53. The summed E-state index contributed by atoms with van der Waals surface area (Å²) in [7, 11) is -0.958. The molecule has 0 aliphatic rings. The van der Waals surface area contributed by atoms with Crippen molar-refractivity contribution in [3.63, 3.8) is 0 Å². The van der Waals surface area contributed by atoms with E-state index < -0.39 is 8.07 Å². The minimum atomic E-state index is -0.958. The van der Waals surface area contributed by atoms with E-state index in [1.54, 1.807) is 0 Å². The van der Waals surface area contributed by atoms with E-state index in [1.165, 1.54) is 17.8 Å². The van der Waals surface area contributed by atoms with Crippen LogP contribution < -0.4 is 0 Å². The lowest BCUT2D eigenvalue weighted by Crippen LogP contribution is -2.27. The molecule has 0 radical (unpaired) electrons. The Kier molecular flexibility index (Phi) is 3.99. The van der Waals surface area contributed by atoms with Crippen molar-refractivity contribution in [1.29, 1.82) is 5.26 Å². The lowest BCUT2D eigenvalue weighted by atomic mass is 11.0. The lowest BCUT2D eigenvalue weighted by Gasteiger charge is -2.16. The molecule has 0 bridgehead atoms. The summed E-state index contributed by atoms with van der Waals surface area (Å²) >= 11 is 1.41. The van der Waals surface area contributed by atoms with E-state index in [0.29, 0.717) is 0 Å². The number of thiocyanates is 1. The SMILES string of the molecule is CC[Si](C)(C)CSC#N. The average molecular weight is 159 g/mol. The van der Waals surface area contributed by atoms with E-state index >= 15 is 0 Å². The predicted molar refractivity (Wildman–Crippen MR) is 46.0 cm³/mol. The summed E-state index contributed by atoms with van der Waals surface area (Å²) in [6, 6.07) is 1.28. The molecule has 52 valence electrons. The zero-order valence-corrected chi connectivity index (χ0v) is 8.09. The van der Waals surface area contributed by atoms with Gasteiger partial charge in [0, 0.05) is 5.38 Å². The fraction of sp³-hybridized carbons (Fsp3) is 0.833. The van der Waals surface area contributed by atoms with Gasteiger partial charge in [0.1, 0.15) is 5.40 Å². The van der Waals surface area contributed by atoms with Crippen LogP contribution in [0.3, 0.4) is 0 Å². The standard InChI is InChI=1S/C6H13NSSi/c1-4-9(2,3)6-8-5-7/h4,6H2,1-3H3. The highest BCUT2D eigenvalue weighted by molar-refractivity contribution is 8.05. The van der Waals surface area contributed by atoms with Crippen molar-refractivity contribution in [2.24, 2.45) is 0 Å². The molecule has 9 heavy (non-hydrogen) atoms. The van der Waals surface area contributed by atoms with Gasteiger partial charge < -0.3 is 0 Å². The maximum atomic E-state index is 8.26. The topological polar surface area (TPSA) is 23.8 Å². The highest BCUT2D eigenvalue weighted by Crippen LogP contribution is 2.14. The van der Waals surface area contributed by atoms with E-state index in [-0.39, 0.29) is 0 Å². The molecule has 0 saturated carbocycles. The van der Waals surface area contributed by atoms with Gasteiger partial charge in [-0.25, -0.2) is 0 Å². The van der Waals surface area contributed by atoms with E-state index in [2.05, 4.69) is 25.4 Å². The Hall–Kier alpha value is 0.0569. The fourth-order valence-electron chi connectivity index (χ4n) is 0.330. The van der Waals surface area contributed by atoms with Crippen LogP contribution in [0.2, 0.25) is 19.1 Å². The van der Waals surface area contributed by atoms with Crippen LogP contribution in [-0.2, 0) is 0 Å². The zero-order chi connectivity index (χ0) is 7.33. The molecular formula is C6H13NSSi. The van der Waals surface area contributed by atoms with Gasteiger partial charge in [0.25, 0.3) is 0 Å². The first-order valence-electron chi connectivity index (χ1n) is 3.13. The van der Waals surface area contributed by atoms with Crippen molar-refractivity contribution in [2.75, 3.05) is 5.38 Å². The second-order valence-electron chi connectivity index (χ2n) is 2.90. The van der Waals surface area contributed by atoms with Crippen molar-refractivity contribution < 1.29 is 0 Å². The number of rotatable bonds is 3. The fourth-order valence-corrected chi connectivity index (χ4v) is 2.97. The van der Waals surface area contributed by atoms with Crippen LogP contribution in [-0.4, -0.2) is 13.5 Å². The Bertz CT molecular complexity index is 117.